The van der Waals surface area contributed by atoms with E-state index in [0.717, 1.165) is 39.1 Å². The van der Waals surface area contributed by atoms with Crippen LogP contribution in [0.1, 0.15) is 0 Å². The van der Waals surface area contributed by atoms with Crippen molar-refractivity contribution in [2.24, 2.45) is 0 Å². The Labute approximate surface area is 161 Å². The Hall–Kier alpha value is -3.79. The van der Waals surface area contributed by atoms with E-state index < -0.39 is 0 Å². The predicted octanol–water partition coefficient (Wildman–Crippen LogP) is 5.89. The number of fused-ring (bicyclic) bond motifs is 1. The van der Waals surface area contributed by atoms with Gasteiger partial charge in [0.15, 0.2) is 5.65 Å². The fourth-order valence-corrected chi connectivity index (χ4v) is 3.46. The Morgan fingerprint density at radius 3 is 2.07 bits per heavy atom. The standard InChI is InChI=1S/C24H16FN3/c25-19-13-11-17(12-14-19)21-15-16-26-24-22(21)23(18-7-3-1-4-8-18)27-28(24)20-9-5-2-6-10-20/h1-16H. The van der Waals surface area contributed by atoms with Crippen LogP contribution in [0.4, 0.5) is 4.39 Å². The third-order valence-electron chi connectivity index (χ3n) is 4.77. The van der Waals surface area contributed by atoms with Crippen LogP contribution in [-0.2, 0) is 0 Å². The number of para-hydroxylation sites is 1. The summed E-state index contributed by atoms with van der Waals surface area (Å²) in [4.78, 5) is 4.63. The van der Waals surface area contributed by atoms with E-state index in [2.05, 4.69) is 4.98 Å². The van der Waals surface area contributed by atoms with Crippen molar-refractivity contribution < 1.29 is 4.39 Å². The van der Waals surface area contributed by atoms with Crippen LogP contribution in [-0.4, -0.2) is 14.8 Å². The molecule has 2 heterocycles. The molecule has 28 heavy (non-hydrogen) atoms. The van der Waals surface area contributed by atoms with Crippen LogP contribution in [0.25, 0.3) is 39.1 Å². The molecule has 134 valence electrons. The lowest BCUT2D eigenvalue weighted by Gasteiger charge is -2.06. The van der Waals surface area contributed by atoms with Gasteiger partial charge < -0.3 is 0 Å². The normalized spacial score (nSPS) is 11.0. The molecule has 3 nitrogen and oxygen atoms in total. The van der Waals surface area contributed by atoms with Gasteiger partial charge in [0.1, 0.15) is 11.5 Å². The van der Waals surface area contributed by atoms with Crippen LogP contribution < -0.4 is 0 Å². The molecule has 4 heteroatoms. The largest absolute Gasteiger partial charge is 0.236 e. The maximum atomic E-state index is 13.5. The van der Waals surface area contributed by atoms with E-state index in [1.54, 1.807) is 18.3 Å². The summed E-state index contributed by atoms with van der Waals surface area (Å²) in [5.41, 5.74) is 5.49. The summed E-state index contributed by atoms with van der Waals surface area (Å²) in [5, 5.41) is 5.86. The monoisotopic (exact) mass is 365 g/mol. The van der Waals surface area contributed by atoms with Crippen LogP contribution in [0.15, 0.2) is 97.2 Å². The molecule has 0 amide bonds. The minimum absolute atomic E-state index is 0.252. The molecule has 0 bridgehead atoms. The van der Waals surface area contributed by atoms with Gasteiger partial charge in [-0.25, -0.2) is 14.1 Å². The highest BCUT2D eigenvalue weighted by Crippen LogP contribution is 2.36. The number of halogens is 1. The molecule has 0 fully saturated rings. The average Bonchev–Trinajstić information content (AvgIpc) is 3.16. The molecule has 0 unspecified atom stereocenters. The van der Waals surface area contributed by atoms with Crippen molar-refractivity contribution in [3.8, 4) is 28.1 Å². The van der Waals surface area contributed by atoms with Crippen molar-refractivity contribution in [2.45, 2.75) is 0 Å². The van der Waals surface area contributed by atoms with E-state index in [4.69, 9.17) is 5.10 Å². The lowest BCUT2D eigenvalue weighted by atomic mass is 10.00. The molecule has 0 N–H and O–H groups in total. The number of hydrogen-bond acceptors (Lipinski definition) is 2. The molecule has 0 saturated heterocycles. The fraction of sp³-hybridized carbons (Fsp3) is 0. The fourth-order valence-electron chi connectivity index (χ4n) is 3.46. The summed E-state index contributed by atoms with van der Waals surface area (Å²) >= 11 is 0. The Balaban J connectivity index is 1.85. The topological polar surface area (TPSA) is 30.7 Å². The molecule has 0 spiro atoms. The molecular weight excluding hydrogens is 349 g/mol. The predicted molar refractivity (Wildman–Crippen MR) is 110 cm³/mol. The van der Waals surface area contributed by atoms with Crippen LogP contribution >= 0.6 is 0 Å². The SMILES string of the molecule is Fc1ccc(-c2ccnc3c2c(-c2ccccc2)nn3-c2ccccc2)cc1. The van der Waals surface area contributed by atoms with E-state index in [-0.39, 0.29) is 5.82 Å². The summed E-state index contributed by atoms with van der Waals surface area (Å²) in [6.45, 7) is 0. The van der Waals surface area contributed by atoms with Gasteiger partial charge in [-0.1, -0.05) is 60.7 Å². The van der Waals surface area contributed by atoms with Crippen molar-refractivity contribution in [2.75, 3.05) is 0 Å². The number of aromatic nitrogens is 3. The van der Waals surface area contributed by atoms with E-state index in [1.807, 2.05) is 71.4 Å². The van der Waals surface area contributed by atoms with Gasteiger partial charge in [0, 0.05) is 11.8 Å². The number of hydrogen-bond donors (Lipinski definition) is 0. The maximum Gasteiger partial charge on any atom is 0.164 e. The van der Waals surface area contributed by atoms with E-state index in [0.29, 0.717) is 0 Å². The molecule has 5 aromatic rings. The van der Waals surface area contributed by atoms with Crippen molar-refractivity contribution in [3.05, 3.63) is 103 Å². The minimum Gasteiger partial charge on any atom is -0.236 e. The third kappa shape index (κ3) is 2.76. The zero-order chi connectivity index (χ0) is 18.9. The van der Waals surface area contributed by atoms with Crippen LogP contribution in [0, 0.1) is 5.82 Å². The van der Waals surface area contributed by atoms with Gasteiger partial charge in [0.25, 0.3) is 0 Å². The Bertz CT molecular complexity index is 1240. The van der Waals surface area contributed by atoms with Gasteiger partial charge in [0.2, 0.25) is 0 Å². The number of rotatable bonds is 3. The van der Waals surface area contributed by atoms with Gasteiger partial charge in [-0.05, 0) is 41.5 Å². The van der Waals surface area contributed by atoms with Gasteiger partial charge in [-0.15, -0.1) is 0 Å². The van der Waals surface area contributed by atoms with Crippen molar-refractivity contribution >= 4 is 11.0 Å². The minimum atomic E-state index is -0.252. The molecule has 0 atom stereocenters. The summed E-state index contributed by atoms with van der Waals surface area (Å²) < 4.78 is 15.3. The highest BCUT2D eigenvalue weighted by Gasteiger charge is 2.18. The molecule has 3 aromatic carbocycles. The first kappa shape index (κ1) is 16.4. The summed E-state index contributed by atoms with van der Waals surface area (Å²) in [6.07, 6.45) is 1.77. The van der Waals surface area contributed by atoms with Gasteiger partial charge in [-0.2, -0.15) is 5.10 Å². The molecule has 0 aliphatic rings. The Kier molecular flexibility index (Phi) is 3.95. The van der Waals surface area contributed by atoms with E-state index in [1.165, 1.54) is 12.1 Å². The second kappa shape index (κ2) is 6.74. The second-order valence-corrected chi connectivity index (χ2v) is 6.53. The van der Waals surface area contributed by atoms with Crippen molar-refractivity contribution in [1.82, 2.24) is 14.8 Å². The molecular formula is C24H16FN3. The molecule has 0 radical (unpaired) electrons. The van der Waals surface area contributed by atoms with E-state index >= 15 is 0 Å². The number of benzene rings is 3. The lowest BCUT2D eigenvalue weighted by molar-refractivity contribution is 0.628. The molecule has 0 aliphatic carbocycles. The first-order valence-electron chi connectivity index (χ1n) is 9.06. The first-order valence-corrected chi connectivity index (χ1v) is 9.06. The molecule has 2 aromatic heterocycles. The zero-order valence-electron chi connectivity index (χ0n) is 15.0. The highest BCUT2D eigenvalue weighted by molar-refractivity contribution is 6.03. The van der Waals surface area contributed by atoms with Gasteiger partial charge in [-0.3, -0.25) is 0 Å². The smallest absolute Gasteiger partial charge is 0.164 e. The first-order chi connectivity index (χ1) is 13.8. The lowest BCUT2D eigenvalue weighted by Crippen LogP contribution is -1.97. The van der Waals surface area contributed by atoms with Crippen molar-refractivity contribution in [3.63, 3.8) is 0 Å². The van der Waals surface area contributed by atoms with Gasteiger partial charge in [0.05, 0.1) is 11.1 Å². The quantitative estimate of drug-likeness (QED) is 0.399. The number of pyridine rings is 1. The summed E-state index contributed by atoms with van der Waals surface area (Å²) in [6, 6.07) is 28.5. The molecule has 5 rings (SSSR count). The average molecular weight is 365 g/mol. The van der Waals surface area contributed by atoms with Gasteiger partial charge >= 0.3 is 0 Å². The third-order valence-corrected chi connectivity index (χ3v) is 4.77. The Morgan fingerprint density at radius 2 is 1.36 bits per heavy atom. The maximum absolute atomic E-state index is 13.5. The second-order valence-electron chi connectivity index (χ2n) is 6.53. The summed E-state index contributed by atoms with van der Waals surface area (Å²) in [7, 11) is 0. The zero-order valence-corrected chi connectivity index (χ0v) is 15.0. The highest BCUT2D eigenvalue weighted by atomic mass is 19.1. The molecule has 0 aliphatic heterocycles. The number of nitrogens with zero attached hydrogens (tertiary/aromatic N) is 3. The van der Waals surface area contributed by atoms with E-state index in [9.17, 15) is 4.39 Å². The van der Waals surface area contributed by atoms with Crippen LogP contribution in [0.2, 0.25) is 0 Å². The molecule has 0 saturated carbocycles. The Morgan fingerprint density at radius 1 is 0.679 bits per heavy atom. The summed E-state index contributed by atoms with van der Waals surface area (Å²) in [5.74, 6) is -0.252. The van der Waals surface area contributed by atoms with Crippen molar-refractivity contribution in [1.29, 1.82) is 0 Å². The van der Waals surface area contributed by atoms with Crippen LogP contribution in [0.3, 0.4) is 0 Å². The van der Waals surface area contributed by atoms with Crippen LogP contribution in [0.5, 0.6) is 0 Å².